The Morgan fingerprint density at radius 1 is 1.12 bits per heavy atom. The fraction of sp³-hybridized carbons (Fsp3) is 0.0714. The average molecular weight is 227 g/mol. The van der Waals surface area contributed by atoms with Gasteiger partial charge in [0, 0.05) is 0 Å². The van der Waals surface area contributed by atoms with Crippen LogP contribution < -0.4 is 4.74 Å². The highest BCUT2D eigenvalue weighted by molar-refractivity contribution is 5.34. The molecule has 17 heavy (non-hydrogen) atoms. The number of rotatable bonds is 3. The Morgan fingerprint density at radius 3 is 2.59 bits per heavy atom. The van der Waals surface area contributed by atoms with Crippen molar-refractivity contribution >= 4 is 0 Å². The summed E-state index contributed by atoms with van der Waals surface area (Å²) in [4.78, 5) is 0. The highest BCUT2D eigenvalue weighted by Gasteiger charge is 2.03. The first kappa shape index (κ1) is 11.2. The molecule has 0 amide bonds. The number of hydrogen-bond donors (Lipinski definition) is 0. The molecule has 0 atom stereocenters. The maximum Gasteiger partial charge on any atom is 0.140 e. The number of hydrogen-bond acceptors (Lipinski definition) is 2. The van der Waals surface area contributed by atoms with Crippen molar-refractivity contribution in [2.45, 2.75) is 6.61 Å². The van der Waals surface area contributed by atoms with E-state index in [9.17, 15) is 4.39 Å². The van der Waals surface area contributed by atoms with Gasteiger partial charge in [0.25, 0.3) is 0 Å². The van der Waals surface area contributed by atoms with E-state index in [1.165, 1.54) is 12.1 Å². The highest BCUT2D eigenvalue weighted by Crippen LogP contribution is 2.14. The van der Waals surface area contributed by atoms with Crippen LogP contribution in [0.4, 0.5) is 4.39 Å². The Labute approximate surface area is 98.9 Å². The normalized spacial score (nSPS) is 9.65. The first-order valence-electron chi connectivity index (χ1n) is 5.16. The molecular formula is C14H10FNO. The number of nitrogens with zero attached hydrogens (tertiary/aromatic N) is 1. The molecule has 0 fully saturated rings. The molecule has 0 spiro atoms. The summed E-state index contributed by atoms with van der Waals surface area (Å²) in [5, 5.41) is 8.70. The summed E-state index contributed by atoms with van der Waals surface area (Å²) in [5.74, 6) is 0.242. The summed E-state index contributed by atoms with van der Waals surface area (Å²) >= 11 is 0. The largest absolute Gasteiger partial charge is 0.489 e. The molecule has 0 aliphatic rings. The molecule has 0 heterocycles. The Bertz CT molecular complexity index is 546. The summed E-state index contributed by atoms with van der Waals surface area (Å²) in [6.45, 7) is 0.318. The molecule has 0 saturated carbocycles. The van der Waals surface area contributed by atoms with Gasteiger partial charge in [-0.3, -0.25) is 0 Å². The molecular weight excluding hydrogens is 217 g/mol. The lowest BCUT2D eigenvalue weighted by Gasteiger charge is -2.06. The molecule has 0 radical (unpaired) electrons. The number of para-hydroxylation sites is 1. The van der Waals surface area contributed by atoms with Gasteiger partial charge in [-0.2, -0.15) is 5.26 Å². The van der Waals surface area contributed by atoms with Crippen LogP contribution in [0, 0.1) is 17.1 Å². The van der Waals surface area contributed by atoms with E-state index in [0.717, 1.165) is 11.3 Å². The summed E-state index contributed by atoms with van der Waals surface area (Å²) < 4.78 is 18.6. The molecule has 0 N–H and O–H groups in total. The Balaban J connectivity index is 2.08. The standard InChI is InChI=1S/C14H10FNO/c15-14-7-6-11(8-12(14)9-16)10-17-13-4-2-1-3-5-13/h1-8H,10H2. The van der Waals surface area contributed by atoms with E-state index < -0.39 is 5.82 Å². The van der Waals surface area contributed by atoms with E-state index >= 15 is 0 Å². The van der Waals surface area contributed by atoms with Crippen LogP contribution in [0.15, 0.2) is 48.5 Å². The molecule has 0 bridgehead atoms. The molecule has 3 heteroatoms. The van der Waals surface area contributed by atoms with Crippen molar-refractivity contribution in [1.82, 2.24) is 0 Å². The first-order valence-corrected chi connectivity index (χ1v) is 5.16. The number of halogens is 1. The van der Waals surface area contributed by atoms with Crippen LogP contribution in [0.5, 0.6) is 5.75 Å². The third-order valence-electron chi connectivity index (χ3n) is 2.30. The number of benzene rings is 2. The summed E-state index contributed by atoms with van der Waals surface area (Å²) in [5.41, 5.74) is 0.811. The van der Waals surface area contributed by atoms with Crippen LogP contribution in [0.1, 0.15) is 11.1 Å². The van der Waals surface area contributed by atoms with E-state index in [0.29, 0.717) is 6.61 Å². The maximum atomic E-state index is 13.1. The van der Waals surface area contributed by atoms with Gasteiger partial charge in [-0.15, -0.1) is 0 Å². The second-order valence-electron chi connectivity index (χ2n) is 3.53. The minimum atomic E-state index is -0.504. The van der Waals surface area contributed by atoms with Crippen LogP contribution >= 0.6 is 0 Å². The minimum Gasteiger partial charge on any atom is -0.489 e. The first-order chi connectivity index (χ1) is 8.29. The van der Waals surface area contributed by atoms with Crippen molar-refractivity contribution in [2.75, 3.05) is 0 Å². The zero-order valence-corrected chi connectivity index (χ0v) is 9.06. The van der Waals surface area contributed by atoms with E-state index in [1.807, 2.05) is 30.3 Å². The van der Waals surface area contributed by atoms with E-state index in [4.69, 9.17) is 10.00 Å². The predicted octanol–water partition coefficient (Wildman–Crippen LogP) is 3.28. The van der Waals surface area contributed by atoms with Crippen LogP contribution in [0.2, 0.25) is 0 Å². The lowest BCUT2D eigenvalue weighted by atomic mass is 10.1. The molecule has 2 aromatic carbocycles. The second kappa shape index (κ2) is 5.13. The van der Waals surface area contributed by atoms with Gasteiger partial charge in [0.1, 0.15) is 24.2 Å². The van der Waals surface area contributed by atoms with Crippen LogP contribution in [0.25, 0.3) is 0 Å². The van der Waals surface area contributed by atoms with E-state index in [1.54, 1.807) is 12.1 Å². The summed E-state index contributed by atoms with van der Waals surface area (Å²) in [6, 6.07) is 15.5. The fourth-order valence-corrected chi connectivity index (χ4v) is 1.43. The summed E-state index contributed by atoms with van der Waals surface area (Å²) in [7, 11) is 0. The molecule has 0 saturated heterocycles. The van der Waals surface area contributed by atoms with E-state index in [2.05, 4.69) is 0 Å². The Morgan fingerprint density at radius 2 is 1.88 bits per heavy atom. The molecule has 0 aromatic heterocycles. The third kappa shape index (κ3) is 2.82. The van der Waals surface area contributed by atoms with Gasteiger partial charge >= 0.3 is 0 Å². The maximum absolute atomic E-state index is 13.1. The lowest BCUT2D eigenvalue weighted by molar-refractivity contribution is 0.306. The molecule has 2 aromatic rings. The van der Waals surface area contributed by atoms with Crippen molar-refractivity contribution in [2.24, 2.45) is 0 Å². The molecule has 2 nitrogen and oxygen atoms in total. The predicted molar refractivity (Wildman–Crippen MR) is 61.9 cm³/mol. The number of ether oxygens (including phenoxy) is 1. The van der Waals surface area contributed by atoms with Crippen molar-refractivity contribution in [3.05, 3.63) is 65.5 Å². The van der Waals surface area contributed by atoms with Gasteiger partial charge in [-0.1, -0.05) is 24.3 Å². The Hall–Kier alpha value is -2.34. The van der Waals surface area contributed by atoms with Gasteiger partial charge in [-0.25, -0.2) is 4.39 Å². The monoisotopic (exact) mass is 227 g/mol. The topological polar surface area (TPSA) is 33.0 Å². The number of nitriles is 1. The smallest absolute Gasteiger partial charge is 0.140 e. The summed E-state index contributed by atoms with van der Waals surface area (Å²) in [6.07, 6.45) is 0. The molecule has 0 aliphatic heterocycles. The van der Waals surface area contributed by atoms with Gasteiger partial charge in [0.05, 0.1) is 5.56 Å². The zero-order valence-electron chi connectivity index (χ0n) is 9.06. The van der Waals surface area contributed by atoms with Gasteiger partial charge in [0.2, 0.25) is 0 Å². The lowest BCUT2D eigenvalue weighted by Crippen LogP contribution is -1.96. The molecule has 0 aliphatic carbocycles. The zero-order chi connectivity index (χ0) is 12.1. The van der Waals surface area contributed by atoms with Gasteiger partial charge in [-0.05, 0) is 29.8 Å². The molecule has 84 valence electrons. The van der Waals surface area contributed by atoms with Crippen LogP contribution in [-0.4, -0.2) is 0 Å². The van der Waals surface area contributed by atoms with Gasteiger partial charge in [0.15, 0.2) is 0 Å². The van der Waals surface area contributed by atoms with Crippen molar-refractivity contribution in [3.63, 3.8) is 0 Å². The van der Waals surface area contributed by atoms with Gasteiger partial charge < -0.3 is 4.74 Å². The van der Waals surface area contributed by atoms with Crippen molar-refractivity contribution < 1.29 is 9.13 Å². The Kier molecular flexibility index (Phi) is 3.37. The molecule has 0 unspecified atom stereocenters. The second-order valence-corrected chi connectivity index (χ2v) is 3.53. The van der Waals surface area contributed by atoms with Crippen molar-refractivity contribution in [3.8, 4) is 11.8 Å². The third-order valence-corrected chi connectivity index (χ3v) is 2.30. The average Bonchev–Trinajstić information content (AvgIpc) is 2.39. The highest BCUT2D eigenvalue weighted by atomic mass is 19.1. The fourth-order valence-electron chi connectivity index (χ4n) is 1.43. The SMILES string of the molecule is N#Cc1cc(COc2ccccc2)ccc1F. The van der Waals surface area contributed by atoms with Crippen LogP contribution in [0.3, 0.4) is 0 Å². The van der Waals surface area contributed by atoms with Crippen molar-refractivity contribution in [1.29, 1.82) is 5.26 Å². The van der Waals surface area contributed by atoms with Crippen LogP contribution in [-0.2, 0) is 6.61 Å². The van der Waals surface area contributed by atoms with E-state index in [-0.39, 0.29) is 5.56 Å². The quantitative estimate of drug-likeness (QED) is 0.806. The molecule has 2 rings (SSSR count). The minimum absolute atomic E-state index is 0.0409.